The largest absolute Gasteiger partial charge is 0.452 e. The van der Waals surface area contributed by atoms with Crippen LogP contribution in [0.4, 0.5) is 0 Å². The Morgan fingerprint density at radius 1 is 0.941 bits per heavy atom. The monoisotopic (exact) mass is 493 g/mol. The molecule has 1 aromatic carbocycles. The van der Waals surface area contributed by atoms with Gasteiger partial charge in [-0.25, -0.2) is 13.2 Å². The fourth-order valence-electron chi connectivity index (χ4n) is 5.22. The Morgan fingerprint density at radius 3 is 2.24 bits per heavy atom. The number of sulfonamides is 1. The topological polar surface area (TPSA) is 105 Å². The fourth-order valence-corrected chi connectivity index (χ4v) is 6.74. The van der Waals surface area contributed by atoms with Crippen molar-refractivity contribution >= 4 is 21.9 Å². The zero-order valence-corrected chi connectivity index (χ0v) is 20.5. The van der Waals surface area contributed by atoms with Crippen LogP contribution in [-0.2, 0) is 24.3 Å². The predicted octanol–water partition coefficient (Wildman–Crippen LogP) is 1.78. The Kier molecular flexibility index (Phi) is 8.23. The van der Waals surface area contributed by atoms with Gasteiger partial charge >= 0.3 is 5.97 Å². The van der Waals surface area contributed by atoms with Crippen molar-refractivity contribution in [1.29, 1.82) is 0 Å². The second-order valence-electron chi connectivity index (χ2n) is 9.37. The lowest BCUT2D eigenvalue weighted by atomic mass is 9.79. The Labute approximate surface area is 201 Å². The highest BCUT2D eigenvalue weighted by Gasteiger charge is 2.38. The molecule has 0 bridgehead atoms. The van der Waals surface area contributed by atoms with Gasteiger partial charge in [0.25, 0.3) is 5.91 Å². The van der Waals surface area contributed by atoms with E-state index < -0.39 is 16.0 Å². The maximum absolute atomic E-state index is 12.6. The van der Waals surface area contributed by atoms with Crippen LogP contribution in [0.3, 0.4) is 0 Å². The minimum absolute atomic E-state index is 0.0572. The van der Waals surface area contributed by atoms with Gasteiger partial charge in [0.05, 0.1) is 23.7 Å². The molecule has 1 aliphatic carbocycles. The number of hydrogen-bond acceptors (Lipinski definition) is 7. The van der Waals surface area contributed by atoms with E-state index in [9.17, 15) is 18.0 Å². The maximum Gasteiger partial charge on any atom is 0.338 e. The summed E-state index contributed by atoms with van der Waals surface area (Å²) in [7, 11) is -3.54. The van der Waals surface area contributed by atoms with Crippen molar-refractivity contribution in [3.63, 3.8) is 0 Å². The number of nitrogens with one attached hydrogen (secondary N) is 1. The predicted molar refractivity (Wildman–Crippen MR) is 126 cm³/mol. The lowest BCUT2D eigenvalue weighted by Gasteiger charge is -2.48. The van der Waals surface area contributed by atoms with Crippen LogP contribution in [0.25, 0.3) is 0 Å². The van der Waals surface area contributed by atoms with Crippen molar-refractivity contribution in [2.24, 2.45) is 0 Å². The Hall–Kier alpha value is -2.01. The lowest BCUT2D eigenvalue weighted by Crippen LogP contribution is -2.59. The van der Waals surface area contributed by atoms with Crippen LogP contribution < -0.4 is 5.32 Å². The molecule has 0 atom stereocenters. The normalized spacial score (nSPS) is 21.8. The molecular weight excluding hydrogens is 458 g/mol. The molecule has 1 aromatic rings. The number of rotatable bonds is 8. The second kappa shape index (κ2) is 11.2. The van der Waals surface area contributed by atoms with Crippen molar-refractivity contribution < 1.29 is 27.5 Å². The van der Waals surface area contributed by atoms with Crippen molar-refractivity contribution in [3.05, 3.63) is 29.8 Å². The third-order valence-corrected chi connectivity index (χ3v) is 9.12. The summed E-state index contributed by atoms with van der Waals surface area (Å²) in [6.07, 6.45) is 7.31. The van der Waals surface area contributed by atoms with E-state index in [1.807, 2.05) is 0 Å². The lowest BCUT2D eigenvalue weighted by molar-refractivity contribution is -0.125. The highest BCUT2D eigenvalue weighted by Crippen LogP contribution is 2.33. The molecular formula is C24H35N3O6S. The molecule has 10 heteroatoms. The van der Waals surface area contributed by atoms with Gasteiger partial charge in [0.2, 0.25) is 10.0 Å². The van der Waals surface area contributed by atoms with Crippen molar-refractivity contribution in [3.8, 4) is 0 Å². The summed E-state index contributed by atoms with van der Waals surface area (Å²) in [6, 6.07) is 5.69. The number of benzene rings is 1. The van der Waals surface area contributed by atoms with Gasteiger partial charge in [0.1, 0.15) is 0 Å². The van der Waals surface area contributed by atoms with Crippen LogP contribution in [0, 0.1) is 0 Å². The summed E-state index contributed by atoms with van der Waals surface area (Å²) in [6.45, 7) is 4.37. The number of amides is 1. The average molecular weight is 494 g/mol. The molecule has 0 aromatic heterocycles. The van der Waals surface area contributed by atoms with E-state index in [1.54, 1.807) is 0 Å². The highest BCUT2D eigenvalue weighted by molar-refractivity contribution is 7.89. The molecule has 4 rings (SSSR count). The summed E-state index contributed by atoms with van der Waals surface area (Å²) in [5, 5.41) is 2.97. The zero-order valence-electron chi connectivity index (χ0n) is 19.7. The first-order valence-electron chi connectivity index (χ1n) is 12.3. The molecule has 1 amide bonds. The molecule has 3 aliphatic rings. The molecule has 2 saturated heterocycles. The van der Waals surface area contributed by atoms with Gasteiger partial charge < -0.3 is 14.8 Å². The third kappa shape index (κ3) is 5.79. The van der Waals surface area contributed by atoms with Crippen LogP contribution in [0.15, 0.2) is 29.2 Å². The Bertz CT molecular complexity index is 947. The van der Waals surface area contributed by atoms with Crippen LogP contribution >= 0.6 is 0 Å². The standard InChI is InChI=1S/C24H35N3O6S/c28-22(25-19-24(10-2-1-3-11-24)26-14-16-32-17-15-26)18-33-23(29)20-6-8-21(9-7-20)34(30,31)27-12-4-5-13-27/h6-9H,1-5,10-19H2,(H,25,28). The fraction of sp³-hybridized carbons (Fsp3) is 0.667. The van der Waals surface area contributed by atoms with Gasteiger partial charge in [-0.2, -0.15) is 4.31 Å². The molecule has 1 N–H and O–H groups in total. The molecule has 2 aliphatic heterocycles. The molecule has 34 heavy (non-hydrogen) atoms. The van der Waals surface area contributed by atoms with Gasteiger partial charge in [-0.05, 0) is 49.9 Å². The number of carbonyl (C=O) groups is 2. The first-order valence-corrected chi connectivity index (χ1v) is 13.7. The number of ether oxygens (including phenoxy) is 2. The summed E-state index contributed by atoms with van der Waals surface area (Å²) in [4.78, 5) is 27.5. The van der Waals surface area contributed by atoms with E-state index in [-0.39, 0.29) is 28.5 Å². The van der Waals surface area contributed by atoms with Crippen LogP contribution in [0.1, 0.15) is 55.3 Å². The third-order valence-electron chi connectivity index (χ3n) is 7.21. The first-order chi connectivity index (χ1) is 16.4. The van der Waals surface area contributed by atoms with Gasteiger partial charge in [-0.1, -0.05) is 19.3 Å². The van der Waals surface area contributed by atoms with Gasteiger partial charge in [0, 0.05) is 38.3 Å². The summed E-state index contributed by atoms with van der Waals surface area (Å²) in [5.74, 6) is -0.986. The average Bonchev–Trinajstić information content (AvgIpc) is 3.43. The molecule has 3 fully saturated rings. The number of hydrogen-bond donors (Lipinski definition) is 1. The minimum atomic E-state index is -3.54. The minimum Gasteiger partial charge on any atom is -0.452 e. The van der Waals surface area contributed by atoms with E-state index >= 15 is 0 Å². The van der Waals surface area contributed by atoms with Crippen molar-refractivity contribution in [2.45, 2.75) is 55.4 Å². The number of esters is 1. The van der Waals surface area contributed by atoms with E-state index in [0.29, 0.717) is 32.8 Å². The summed E-state index contributed by atoms with van der Waals surface area (Å²) in [5.41, 5.74) is 0.156. The SMILES string of the molecule is O=C(COC(=O)c1ccc(S(=O)(=O)N2CCCC2)cc1)NCC1(N2CCOCC2)CCCCC1. The Balaban J connectivity index is 1.28. The van der Waals surface area contributed by atoms with Gasteiger partial charge in [-0.15, -0.1) is 0 Å². The number of carbonyl (C=O) groups excluding carboxylic acids is 2. The smallest absolute Gasteiger partial charge is 0.338 e. The van der Waals surface area contributed by atoms with Crippen molar-refractivity contribution in [1.82, 2.24) is 14.5 Å². The van der Waals surface area contributed by atoms with Crippen LogP contribution in [0.5, 0.6) is 0 Å². The molecule has 0 unspecified atom stereocenters. The second-order valence-corrected chi connectivity index (χ2v) is 11.3. The van der Waals surface area contributed by atoms with E-state index in [2.05, 4.69) is 10.2 Å². The first kappa shape index (κ1) is 25.1. The molecule has 2 heterocycles. The van der Waals surface area contributed by atoms with Gasteiger partial charge in [-0.3, -0.25) is 9.69 Å². The highest BCUT2D eigenvalue weighted by atomic mass is 32.2. The Morgan fingerprint density at radius 2 is 1.59 bits per heavy atom. The van der Waals surface area contributed by atoms with E-state index in [4.69, 9.17) is 9.47 Å². The van der Waals surface area contributed by atoms with E-state index in [1.165, 1.54) is 35.0 Å². The number of nitrogens with zero attached hydrogens (tertiary/aromatic N) is 2. The quantitative estimate of drug-likeness (QED) is 0.551. The van der Waals surface area contributed by atoms with E-state index in [0.717, 1.165) is 51.6 Å². The van der Waals surface area contributed by atoms with Crippen LogP contribution in [0.2, 0.25) is 0 Å². The molecule has 0 radical (unpaired) electrons. The van der Waals surface area contributed by atoms with Crippen molar-refractivity contribution in [2.75, 3.05) is 52.5 Å². The van der Waals surface area contributed by atoms with Gasteiger partial charge in [0.15, 0.2) is 6.61 Å². The molecule has 9 nitrogen and oxygen atoms in total. The van der Waals surface area contributed by atoms with Crippen LogP contribution in [-0.4, -0.2) is 87.6 Å². The summed E-state index contributed by atoms with van der Waals surface area (Å²) < 4.78 is 37.4. The number of morpholine rings is 1. The maximum atomic E-state index is 12.6. The summed E-state index contributed by atoms with van der Waals surface area (Å²) >= 11 is 0. The zero-order chi connectivity index (χ0) is 24.0. The molecule has 1 saturated carbocycles. The molecule has 188 valence electrons. The molecule has 0 spiro atoms.